The van der Waals surface area contributed by atoms with E-state index in [1.54, 1.807) is 19.1 Å². The third-order valence-corrected chi connectivity index (χ3v) is 4.78. The smallest absolute Gasteiger partial charge is 0.325 e. The van der Waals surface area contributed by atoms with Gasteiger partial charge in [-0.3, -0.25) is 9.59 Å². The highest BCUT2D eigenvalue weighted by atomic mass is 19.1. The third-order valence-electron chi connectivity index (χ3n) is 4.78. The van der Waals surface area contributed by atoms with Crippen LogP contribution in [-0.4, -0.2) is 29.1 Å². The Morgan fingerprint density at radius 1 is 1.03 bits per heavy atom. The van der Waals surface area contributed by atoms with Crippen molar-refractivity contribution in [2.45, 2.75) is 53.6 Å². The van der Waals surface area contributed by atoms with Gasteiger partial charge < -0.3 is 15.7 Å². The van der Waals surface area contributed by atoms with E-state index < -0.39 is 17.9 Å². The van der Waals surface area contributed by atoms with Gasteiger partial charge in [-0.1, -0.05) is 12.1 Å². The summed E-state index contributed by atoms with van der Waals surface area (Å²) in [6.07, 6.45) is 1.71. The molecule has 2 aromatic rings. The van der Waals surface area contributed by atoms with E-state index in [-0.39, 0.29) is 11.9 Å². The second-order valence-electron chi connectivity index (χ2n) is 7.88. The van der Waals surface area contributed by atoms with Crippen molar-refractivity contribution in [1.29, 1.82) is 0 Å². The summed E-state index contributed by atoms with van der Waals surface area (Å²) < 4.78 is 14.7. The van der Waals surface area contributed by atoms with Crippen LogP contribution < -0.4 is 10.6 Å². The molecular formula is C24H29FN2O3. The van der Waals surface area contributed by atoms with Crippen molar-refractivity contribution < 1.29 is 19.1 Å². The van der Waals surface area contributed by atoms with E-state index in [9.17, 15) is 14.0 Å². The molecule has 1 amide bonds. The molecule has 0 saturated heterocycles. The van der Waals surface area contributed by atoms with E-state index >= 15 is 0 Å². The van der Waals surface area contributed by atoms with Crippen molar-refractivity contribution in [2.24, 2.45) is 0 Å². The monoisotopic (exact) mass is 412 g/mol. The Kier molecular flexibility index (Phi) is 7.38. The van der Waals surface area contributed by atoms with E-state index in [2.05, 4.69) is 10.6 Å². The van der Waals surface area contributed by atoms with Crippen LogP contribution in [0.3, 0.4) is 0 Å². The summed E-state index contributed by atoms with van der Waals surface area (Å²) in [5, 5.41) is 14.6. The summed E-state index contributed by atoms with van der Waals surface area (Å²) in [6, 6.07) is 8.17. The highest BCUT2D eigenvalue weighted by Crippen LogP contribution is 2.31. The predicted octanol–water partition coefficient (Wildman–Crippen LogP) is 4.92. The van der Waals surface area contributed by atoms with E-state index in [1.807, 2.05) is 45.9 Å². The van der Waals surface area contributed by atoms with Crippen LogP contribution in [0.5, 0.6) is 0 Å². The molecule has 0 bridgehead atoms. The second kappa shape index (κ2) is 9.57. The molecule has 0 aromatic heterocycles. The quantitative estimate of drug-likeness (QED) is 0.564. The fraction of sp³-hybridized carbons (Fsp3) is 0.333. The summed E-state index contributed by atoms with van der Waals surface area (Å²) in [6.45, 7) is 10.8. The molecule has 30 heavy (non-hydrogen) atoms. The highest BCUT2D eigenvalue weighted by Gasteiger charge is 2.16. The summed E-state index contributed by atoms with van der Waals surface area (Å²) in [7, 11) is 0. The Bertz CT molecular complexity index is 996. The number of aliphatic carboxylic acids is 1. The molecule has 0 heterocycles. The van der Waals surface area contributed by atoms with Gasteiger partial charge in [0.25, 0.3) is 0 Å². The Labute approximate surface area is 177 Å². The maximum atomic E-state index is 14.7. The minimum Gasteiger partial charge on any atom is -0.480 e. The van der Waals surface area contributed by atoms with Gasteiger partial charge in [0, 0.05) is 22.9 Å². The van der Waals surface area contributed by atoms with Crippen molar-refractivity contribution in [1.82, 2.24) is 5.32 Å². The van der Waals surface area contributed by atoms with Gasteiger partial charge in [-0.2, -0.15) is 0 Å². The molecule has 1 atom stereocenters. The number of amides is 1. The van der Waals surface area contributed by atoms with Gasteiger partial charge in [0.15, 0.2) is 0 Å². The Hall–Kier alpha value is -3.15. The molecule has 6 heteroatoms. The number of benzene rings is 2. The lowest BCUT2D eigenvalue weighted by Gasteiger charge is -2.15. The molecule has 0 aliphatic heterocycles. The highest BCUT2D eigenvalue weighted by molar-refractivity contribution is 5.99. The summed E-state index contributed by atoms with van der Waals surface area (Å²) >= 11 is 0. The molecule has 0 fully saturated rings. The summed E-state index contributed by atoms with van der Waals surface area (Å²) in [4.78, 5) is 23.1. The lowest BCUT2D eigenvalue weighted by atomic mass is 9.93. The number of halogens is 1. The molecule has 0 spiro atoms. The standard InChI is InChI=1S/C24H29FN2O3/c1-13(2)26-19-7-8-20(22(25)12-19)21-11-14(3)18(9-15(21)4)10-16(5)23(28)27-17(6)24(29)30/h7-13,17,26H,1-6H3,(H,27,28)(H,29,30)/t17-/m1/s1. The molecule has 0 saturated carbocycles. The van der Waals surface area contributed by atoms with Crippen LogP contribution in [0, 0.1) is 19.7 Å². The maximum absolute atomic E-state index is 14.7. The van der Waals surface area contributed by atoms with Crippen LogP contribution in [0.25, 0.3) is 17.2 Å². The van der Waals surface area contributed by atoms with E-state index in [0.717, 1.165) is 27.9 Å². The number of carboxylic acids is 1. The van der Waals surface area contributed by atoms with Gasteiger partial charge in [0.2, 0.25) is 5.91 Å². The Morgan fingerprint density at radius 2 is 1.70 bits per heavy atom. The first-order chi connectivity index (χ1) is 14.0. The Balaban J connectivity index is 2.34. The zero-order valence-electron chi connectivity index (χ0n) is 18.3. The molecule has 3 N–H and O–H groups in total. The first-order valence-corrected chi connectivity index (χ1v) is 9.89. The minimum atomic E-state index is -1.09. The lowest BCUT2D eigenvalue weighted by Crippen LogP contribution is -2.38. The number of hydrogen-bond donors (Lipinski definition) is 3. The number of anilines is 1. The minimum absolute atomic E-state index is 0.212. The number of aryl methyl sites for hydroxylation is 2. The van der Waals surface area contributed by atoms with Crippen LogP contribution >= 0.6 is 0 Å². The topological polar surface area (TPSA) is 78.4 Å². The molecule has 2 rings (SSSR count). The molecule has 5 nitrogen and oxygen atoms in total. The SMILES string of the molecule is CC(=Cc1cc(C)c(-c2ccc(NC(C)C)cc2F)cc1C)C(=O)N[C@H](C)C(=O)O. The molecule has 2 aromatic carbocycles. The van der Waals surface area contributed by atoms with Gasteiger partial charge in [-0.15, -0.1) is 0 Å². The van der Waals surface area contributed by atoms with Crippen molar-refractivity contribution in [3.63, 3.8) is 0 Å². The second-order valence-corrected chi connectivity index (χ2v) is 7.88. The van der Waals surface area contributed by atoms with E-state index in [4.69, 9.17) is 5.11 Å². The molecule has 160 valence electrons. The first kappa shape index (κ1) is 23.1. The van der Waals surface area contributed by atoms with Crippen LogP contribution in [-0.2, 0) is 9.59 Å². The van der Waals surface area contributed by atoms with Crippen molar-refractivity contribution >= 4 is 23.6 Å². The predicted molar refractivity (Wildman–Crippen MR) is 119 cm³/mol. The zero-order valence-corrected chi connectivity index (χ0v) is 18.3. The Morgan fingerprint density at radius 3 is 2.27 bits per heavy atom. The number of rotatable bonds is 7. The zero-order chi connectivity index (χ0) is 22.6. The van der Waals surface area contributed by atoms with Crippen LogP contribution in [0.15, 0.2) is 35.9 Å². The molecule has 0 aliphatic carbocycles. The average Bonchev–Trinajstić information content (AvgIpc) is 2.64. The molecule has 0 unspecified atom stereocenters. The summed E-state index contributed by atoms with van der Waals surface area (Å²) in [5.74, 6) is -1.83. The van der Waals surface area contributed by atoms with E-state index in [1.165, 1.54) is 13.0 Å². The van der Waals surface area contributed by atoms with Crippen molar-refractivity contribution in [3.05, 3.63) is 58.4 Å². The normalized spacial score (nSPS) is 12.6. The number of carbonyl (C=O) groups excluding carboxylic acids is 1. The number of carboxylic acid groups (broad SMARTS) is 1. The van der Waals surface area contributed by atoms with Crippen molar-refractivity contribution in [3.8, 4) is 11.1 Å². The molecular weight excluding hydrogens is 383 g/mol. The van der Waals surface area contributed by atoms with Gasteiger partial charge in [-0.05, 0) is 88.1 Å². The fourth-order valence-corrected chi connectivity index (χ4v) is 3.11. The number of carbonyl (C=O) groups is 2. The molecule has 0 aliphatic rings. The molecule has 0 radical (unpaired) electrons. The lowest BCUT2D eigenvalue weighted by molar-refractivity contribution is -0.140. The van der Waals surface area contributed by atoms with Gasteiger partial charge in [0.05, 0.1) is 0 Å². The van der Waals surface area contributed by atoms with Crippen LogP contribution in [0.4, 0.5) is 10.1 Å². The number of nitrogens with one attached hydrogen (secondary N) is 2. The number of hydrogen-bond acceptors (Lipinski definition) is 3. The van der Waals surface area contributed by atoms with Gasteiger partial charge >= 0.3 is 5.97 Å². The van der Waals surface area contributed by atoms with Crippen LogP contribution in [0.1, 0.15) is 44.4 Å². The summed E-state index contributed by atoms with van der Waals surface area (Å²) in [5.41, 5.74) is 5.03. The van der Waals surface area contributed by atoms with Crippen molar-refractivity contribution in [2.75, 3.05) is 5.32 Å². The van der Waals surface area contributed by atoms with Gasteiger partial charge in [0.1, 0.15) is 11.9 Å². The largest absolute Gasteiger partial charge is 0.480 e. The average molecular weight is 413 g/mol. The third kappa shape index (κ3) is 5.69. The van der Waals surface area contributed by atoms with Gasteiger partial charge in [-0.25, -0.2) is 4.39 Å². The van der Waals surface area contributed by atoms with Crippen LogP contribution in [0.2, 0.25) is 0 Å². The maximum Gasteiger partial charge on any atom is 0.325 e. The fourth-order valence-electron chi connectivity index (χ4n) is 3.11. The van der Waals surface area contributed by atoms with E-state index in [0.29, 0.717) is 11.1 Å². The first-order valence-electron chi connectivity index (χ1n) is 9.89.